The van der Waals surface area contributed by atoms with Crippen molar-refractivity contribution in [2.24, 2.45) is 17.9 Å². The Morgan fingerprint density at radius 3 is 2.69 bits per heavy atom. The lowest BCUT2D eigenvalue weighted by atomic mass is 9.68. The number of rotatable bonds is 6. The number of hydrogen-bond donors (Lipinski definition) is 1. The van der Waals surface area contributed by atoms with Gasteiger partial charge >= 0.3 is 5.69 Å². The van der Waals surface area contributed by atoms with E-state index in [0.717, 1.165) is 41.7 Å². The Labute approximate surface area is 208 Å². The fourth-order valence-electron chi connectivity index (χ4n) is 5.18. The quantitative estimate of drug-likeness (QED) is 0.563. The molecular weight excluding hydrogens is 438 g/mol. The second-order valence-electron chi connectivity index (χ2n) is 12.0. The number of nitrogens with one attached hydrogen (secondary N) is 1. The predicted molar refractivity (Wildman–Crippen MR) is 139 cm³/mol. The van der Waals surface area contributed by atoms with E-state index < -0.39 is 0 Å². The molecule has 0 spiro atoms. The number of carbonyl (C=O) groups is 1. The zero-order valence-electron chi connectivity index (χ0n) is 22.0. The molecule has 1 amide bonds. The number of amides is 1. The van der Waals surface area contributed by atoms with Crippen molar-refractivity contribution in [1.29, 1.82) is 0 Å². The second kappa shape index (κ2) is 9.59. The van der Waals surface area contributed by atoms with Gasteiger partial charge in [0.2, 0.25) is 5.91 Å². The van der Waals surface area contributed by atoms with Gasteiger partial charge in [0.25, 0.3) is 0 Å². The normalized spacial score (nSPS) is 20.2. The minimum atomic E-state index is -0.0249. The number of pyridine rings is 2. The van der Waals surface area contributed by atoms with Crippen molar-refractivity contribution < 1.29 is 4.79 Å². The molecule has 1 fully saturated rings. The number of hydrogen-bond acceptors (Lipinski definition) is 4. The largest absolute Gasteiger partial charge is 0.353 e. The Hall–Kier alpha value is -2.96. The molecule has 0 aliphatic heterocycles. The average Bonchev–Trinajstić information content (AvgIpc) is 3.03. The SMILES string of the molecule is Cn1c(=O)n(CC(C)(C)C)c2ccc(C3CCC(C)(C)C(NC(=O)CCc4cccnc4)C3)nc21. The summed E-state index contributed by atoms with van der Waals surface area (Å²) in [6.07, 6.45) is 7.58. The molecule has 2 unspecified atom stereocenters. The van der Waals surface area contributed by atoms with Gasteiger partial charge in [-0.15, -0.1) is 0 Å². The van der Waals surface area contributed by atoms with Crippen LogP contribution >= 0.6 is 0 Å². The monoisotopic (exact) mass is 477 g/mol. The molecule has 0 bridgehead atoms. The first-order chi connectivity index (χ1) is 16.4. The molecule has 35 heavy (non-hydrogen) atoms. The van der Waals surface area contributed by atoms with E-state index in [4.69, 9.17) is 4.98 Å². The van der Waals surface area contributed by atoms with Gasteiger partial charge < -0.3 is 5.32 Å². The summed E-state index contributed by atoms with van der Waals surface area (Å²) in [6.45, 7) is 11.5. The van der Waals surface area contributed by atoms with Gasteiger partial charge in [0, 0.05) is 50.1 Å². The summed E-state index contributed by atoms with van der Waals surface area (Å²) < 4.78 is 3.50. The van der Waals surface area contributed by atoms with Gasteiger partial charge in [-0.1, -0.05) is 40.7 Å². The molecule has 1 aliphatic carbocycles. The number of fused-ring (bicyclic) bond motifs is 1. The fraction of sp³-hybridized carbons (Fsp3) is 0.571. The van der Waals surface area contributed by atoms with Crippen molar-refractivity contribution in [3.8, 4) is 0 Å². The van der Waals surface area contributed by atoms with E-state index in [0.29, 0.717) is 19.4 Å². The van der Waals surface area contributed by atoms with E-state index in [9.17, 15) is 9.59 Å². The molecule has 1 N–H and O–H groups in total. The first kappa shape index (κ1) is 25.1. The van der Waals surface area contributed by atoms with Gasteiger partial charge in [0.15, 0.2) is 5.65 Å². The Kier molecular flexibility index (Phi) is 6.89. The number of aryl methyl sites for hydroxylation is 2. The van der Waals surface area contributed by atoms with Crippen LogP contribution in [0.15, 0.2) is 41.5 Å². The molecule has 3 heterocycles. The number of imidazole rings is 1. The van der Waals surface area contributed by atoms with Crippen molar-refractivity contribution >= 4 is 17.1 Å². The first-order valence-corrected chi connectivity index (χ1v) is 12.7. The van der Waals surface area contributed by atoms with E-state index in [1.807, 2.05) is 29.0 Å². The lowest BCUT2D eigenvalue weighted by Crippen LogP contribution is -2.48. The predicted octanol–water partition coefficient (Wildman–Crippen LogP) is 4.59. The standard InChI is InChI=1S/C28H39N5O2/c1-27(2,3)18-33-22-11-10-21(30-25(22)32(6)26(33)35)20-13-14-28(4,5)23(16-20)31-24(34)12-9-19-8-7-15-29-17-19/h7-8,10-11,15,17,20,23H,9,12-14,16,18H2,1-6H3,(H,31,34). The first-order valence-electron chi connectivity index (χ1n) is 12.7. The maximum Gasteiger partial charge on any atom is 0.330 e. The Bertz CT molecular complexity index is 1250. The molecule has 0 radical (unpaired) electrons. The number of aromatic nitrogens is 4. The third-order valence-corrected chi connectivity index (χ3v) is 7.35. The van der Waals surface area contributed by atoms with Crippen molar-refractivity contribution in [3.05, 3.63) is 58.4 Å². The Morgan fingerprint density at radius 1 is 1.23 bits per heavy atom. The highest BCUT2D eigenvalue weighted by molar-refractivity contribution is 5.76. The van der Waals surface area contributed by atoms with Gasteiger partial charge in [-0.05, 0) is 60.3 Å². The maximum atomic E-state index is 12.9. The molecule has 3 aromatic heterocycles. The van der Waals surface area contributed by atoms with E-state index in [1.54, 1.807) is 17.8 Å². The van der Waals surface area contributed by atoms with Gasteiger partial charge in [0.1, 0.15) is 0 Å². The van der Waals surface area contributed by atoms with Gasteiger partial charge in [-0.3, -0.25) is 18.9 Å². The molecule has 7 heteroatoms. The third-order valence-electron chi connectivity index (χ3n) is 7.35. The lowest BCUT2D eigenvalue weighted by molar-refractivity contribution is -0.123. The Balaban J connectivity index is 1.51. The highest BCUT2D eigenvalue weighted by Gasteiger charge is 2.38. The Morgan fingerprint density at radius 2 is 2.00 bits per heavy atom. The molecular formula is C28H39N5O2. The van der Waals surface area contributed by atoms with Crippen molar-refractivity contribution in [1.82, 2.24) is 24.4 Å². The molecule has 1 aliphatic rings. The summed E-state index contributed by atoms with van der Waals surface area (Å²) in [4.78, 5) is 34.8. The van der Waals surface area contributed by atoms with Crippen molar-refractivity contribution in [2.75, 3.05) is 0 Å². The van der Waals surface area contributed by atoms with E-state index in [1.165, 1.54) is 0 Å². The fourth-order valence-corrected chi connectivity index (χ4v) is 5.18. The van der Waals surface area contributed by atoms with Crippen molar-refractivity contribution in [3.63, 3.8) is 0 Å². The highest BCUT2D eigenvalue weighted by Crippen LogP contribution is 2.42. The summed E-state index contributed by atoms with van der Waals surface area (Å²) in [5, 5.41) is 3.32. The number of carbonyl (C=O) groups excluding carboxylic acids is 1. The summed E-state index contributed by atoms with van der Waals surface area (Å²) in [5.74, 6) is 0.328. The van der Waals surface area contributed by atoms with E-state index >= 15 is 0 Å². The zero-order chi connectivity index (χ0) is 25.4. The minimum Gasteiger partial charge on any atom is -0.353 e. The molecule has 4 rings (SSSR count). The van der Waals surface area contributed by atoms with Crippen LogP contribution in [0.5, 0.6) is 0 Å². The van der Waals surface area contributed by atoms with Crippen LogP contribution in [0.2, 0.25) is 0 Å². The van der Waals surface area contributed by atoms with Crippen molar-refractivity contribution in [2.45, 2.75) is 85.2 Å². The summed E-state index contributed by atoms with van der Waals surface area (Å²) >= 11 is 0. The molecule has 1 saturated carbocycles. The third kappa shape index (κ3) is 5.65. The van der Waals surface area contributed by atoms with E-state index in [2.05, 4.69) is 51.0 Å². The van der Waals surface area contributed by atoms with Crippen LogP contribution in [0, 0.1) is 10.8 Å². The summed E-state index contributed by atoms with van der Waals surface area (Å²) in [6, 6.07) is 8.11. The minimum absolute atomic E-state index is 0.00577. The maximum absolute atomic E-state index is 12.9. The lowest BCUT2D eigenvalue weighted by Gasteiger charge is -2.42. The average molecular weight is 478 g/mol. The van der Waals surface area contributed by atoms with Crippen LogP contribution < -0.4 is 11.0 Å². The highest BCUT2D eigenvalue weighted by atomic mass is 16.2. The van der Waals surface area contributed by atoms with Gasteiger partial charge in [-0.2, -0.15) is 0 Å². The molecule has 2 atom stereocenters. The van der Waals surface area contributed by atoms with Crippen LogP contribution in [-0.2, 0) is 24.8 Å². The zero-order valence-corrected chi connectivity index (χ0v) is 22.0. The molecule has 188 valence electrons. The molecule has 0 aromatic carbocycles. The molecule has 7 nitrogen and oxygen atoms in total. The van der Waals surface area contributed by atoms with Crippen LogP contribution in [0.25, 0.3) is 11.2 Å². The van der Waals surface area contributed by atoms with Crippen LogP contribution in [0.4, 0.5) is 0 Å². The topological polar surface area (TPSA) is 81.8 Å². The van der Waals surface area contributed by atoms with Crippen LogP contribution in [-0.4, -0.2) is 31.1 Å². The van der Waals surface area contributed by atoms with Gasteiger partial charge in [0.05, 0.1) is 5.52 Å². The second-order valence-corrected chi connectivity index (χ2v) is 12.0. The smallest absolute Gasteiger partial charge is 0.330 e. The molecule has 0 saturated heterocycles. The summed E-state index contributed by atoms with van der Waals surface area (Å²) in [5.41, 5.74) is 3.69. The van der Waals surface area contributed by atoms with Crippen LogP contribution in [0.3, 0.4) is 0 Å². The summed E-state index contributed by atoms with van der Waals surface area (Å²) in [7, 11) is 1.80. The molecule has 3 aromatic rings. The number of nitrogens with zero attached hydrogens (tertiary/aromatic N) is 4. The van der Waals surface area contributed by atoms with Gasteiger partial charge in [-0.25, -0.2) is 9.78 Å². The van der Waals surface area contributed by atoms with Crippen LogP contribution in [0.1, 0.15) is 77.5 Å². The van der Waals surface area contributed by atoms with E-state index in [-0.39, 0.29) is 34.4 Å².